The van der Waals surface area contributed by atoms with E-state index in [1.165, 1.54) is 13.0 Å². The molecular formula is C27H29BrF3N5O. The van der Waals surface area contributed by atoms with Gasteiger partial charge >= 0.3 is 6.18 Å². The molecule has 0 spiro atoms. The number of anilines is 2. The van der Waals surface area contributed by atoms with Crippen molar-refractivity contribution < 1.29 is 18.0 Å². The van der Waals surface area contributed by atoms with Crippen LogP contribution in [-0.4, -0.2) is 35.0 Å². The summed E-state index contributed by atoms with van der Waals surface area (Å²) in [6, 6.07) is 7.90. The Bertz CT molecular complexity index is 1360. The molecule has 2 N–H and O–H groups in total. The second-order valence-electron chi connectivity index (χ2n) is 10.0. The summed E-state index contributed by atoms with van der Waals surface area (Å²) in [6.07, 6.45) is -1.59. The van der Waals surface area contributed by atoms with Crippen molar-refractivity contribution in [1.29, 1.82) is 0 Å². The summed E-state index contributed by atoms with van der Waals surface area (Å²) in [5.74, 6) is 1.46. The molecule has 2 atom stereocenters. The first kappa shape index (κ1) is 25.8. The van der Waals surface area contributed by atoms with Gasteiger partial charge in [-0.15, -0.1) is 0 Å². The molecule has 2 aromatic carbocycles. The fourth-order valence-corrected chi connectivity index (χ4v) is 5.66. The molecule has 1 amide bonds. The number of hydrogen-bond acceptors (Lipinski definition) is 5. The second kappa shape index (κ2) is 9.78. The topological polar surface area (TPSA) is 70.2 Å². The molecule has 196 valence electrons. The van der Waals surface area contributed by atoms with Gasteiger partial charge in [0.05, 0.1) is 22.8 Å². The van der Waals surface area contributed by atoms with Crippen LogP contribution in [-0.2, 0) is 11.0 Å². The number of nitrogens with one attached hydrogen (secondary N) is 2. The second-order valence-corrected chi connectivity index (χ2v) is 10.9. The summed E-state index contributed by atoms with van der Waals surface area (Å²) in [6.45, 7) is 6.63. The predicted octanol–water partition coefficient (Wildman–Crippen LogP) is 6.31. The van der Waals surface area contributed by atoms with E-state index in [0.29, 0.717) is 23.8 Å². The molecule has 3 aromatic rings. The normalized spacial score (nSPS) is 18.8. The molecule has 0 bridgehead atoms. The van der Waals surface area contributed by atoms with Crippen LogP contribution in [0.15, 0.2) is 34.8 Å². The van der Waals surface area contributed by atoms with Crippen LogP contribution in [0.5, 0.6) is 0 Å². The maximum absolute atomic E-state index is 13.5. The molecule has 2 aliphatic rings. The molecule has 1 saturated heterocycles. The highest BCUT2D eigenvalue weighted by molar-refractivity contribution is 9.10. The van der Waals surface area contributed by atoms with E-state index in [4.69, 9.17) is 0 Å². The van der Waals surface area contributed by atoms with Gasteiger partial charge in [-0.3, -0.25) is 4.79 Å². The van der Waals surface area contributed by atoms with E-state index < -0.39 is 17.8 Å². The third-order valence-electron chi connectivity index (χ3n) is 7.20. The molecule has 6 nitrogen and oxygen atoms in total. The molecule has 1 aromatic heterocycles. The van der Waals surface area contributed by atoms with Crippen molar-refractivity contribution in [3.63, 3.8) is 0 Å². The molecule has 2 fully saturated rings. The van der Waals surface area contributed by atoms with Crippen molar-refractivity contribution in [2.45, 2.75) is 58.3 Å². The molecule has 0 unspecified atom stereocenters. The van der Waals surface area contributed by atoms with Crippen LogP contribution in [0.4, 0.5) is 24.7 Å². The summed E-state index contributed by atoms with van der Waals surface area (Å²) < 4.78 is 41.3. The predicted molar refractivity (Wildman–Crippen MR) is 142 cm³/mol. The van der Waals surface area contributed by atoms with Crippen molar-refractivity contribution >= 4 is 44.2 Å². The number of rotatable bonds is 6. The lowest BCUT2D eigenvalue weighted by Gasteiger charge is -2.23. The van der Waals surface area contributed by atoms with Gasteiger partial charge in [0.1, 0.15) is 11.6 Å². The third kappa shape index (κ3) is 5.39. The van der Waals surface area contributed by atoms with E-state index in [1.807, 2.05) is 19.1 Å². The highest BCUT2D eigenvalue weighted by atomic mass is 79.9. The number of hydrogen-bond donors (Lipinski definition) is 2. The molecule has 1 aliphatic heterocycles. The summed E-state index contributed by atoms with van der Waals surface area (Å²) in [5.41, 5.74) is 1.83. The number of aryl methyl sites for hydroxylation is 1. The minimum absolute atomic E-state index is 0.103. The average Bonchev–Trinajstić information content (AvgIpc) is 3.57. The number of aromatic nitrogens is 2. The standard InChI is InChI=1S/C27H29BrF3N5O/c1-14-19(5-4-6-21(14)27(29,30)31)15(2)32-25-20-11-24(22(28)12-23(20)33-16(3)34-25)36-10-9-18(13-36)35-26(37)17-7-8-17/h4-6,11-12,15,17-18H,7-10,13H2,1-3H3,(H,35,37)(H,32,33,34)/t15-,18+/m1/s1. The number of amides is 1. The number of nitrogens with zero attached hydrogens (tertiary/aromatic N) is 3. The largest absolute Gasteiger partial charge is 0.416 e. The van der Waals surface area contributed by atoms with Gasteiger partial charge in [0.25, 0.3) is 0 Å². The van der Waals surface area contributed by atoms with Crippen LogP contribution in [0.1, 0.15) is 54.7 Å². The van der Waals surface area contributed by atoms with Gasteiger partial charge in [0.2, 0.25) is 5.91 Å². The third-order valence-corrected chi connectivity index (χ3v) is 7.84. The Balaban J connectivity index is 1.44. The van der Waals surface area contributed by atoms with Crippen molar-refractivity contribution in [2.75, 3.05) is 23.3 Å². The first-order valence-electron chi connectivity index (χ1n) is 12.5. The lowest BCUT2D eigenvalue weighted by Crippen LogP contribution is -2.38. The molecule has 2 heterocycles. The number of carbonyl (C=O) groups is 1. The number of alkyl halides is 3. The van der Waals surface area contributed by atoms with E-state index in [0.717, 1.165) is 52.9 Å². The number of fused-ring (bicyclic) bond motifs is 1. The molecule has 10 heteroatoms. The first-order valence-corrected chi connectivity index (χ1v) is 13.3. The zero-order chi connectivity index (χ0) is 26.5. The summed E-state index contributed by atoms with van der Waals surface area (Å²) >= 11 is 3.69. The first-order chi connectivity index (χ1) is 17.5. The SMILES string of the molecule is Cc1nc(N[C@H](C)c2cccc(C(F)(F)F)c2C)c2cc(N3CC[C@H](NC(=O)C4CC4)C3)c(Br)cc2n1. The molecule has 1 saturated carbocycles. The van der Waals surface area contributed by atoms with Crippen molar-refractivity contribution in [1.82, 2.24) is 15.3 Å². The Labute approximate surface area is 222 Å². The Kier molecular flexibility index (Phi) is 6.81. The van der Waals surface area contributed by atoms with E-state index in [-0.39, 0.29) is 23.4 Å². The van der Waals surface area contributed by atoms with E-state index in [9.17, 15) is 18.0 Å². The smallest absolute Gasteiger partial charge is 0.368 e. The summed E-state index contributed by atoms with van der Waals surface area (Å²) in [5, 5.41) is 7.29. The quantitative estimate of drug-likeness (QED) is 0.360. The molecule has 37 heavy (non-hydrogen) atoms. The van der Waals surface area contributed by atoms with Gasteiger partial charge in [-0.25, -0.2) is 9.97 Å². The Hall–Kier alpha value is -2.88. The molecule has 5 rings (SSSR count). The van der Waals surface area contributed by atoms with E-state index >= 15 is 0 Å². The zero-order valence-electron chi connectivity index (χ0n) is 20.9. The van der Waals surface area contributed by atoms with E-state index in [2.05, 4.69) is 41.4 Å². The Morgan fingerprint density at radius 1 is 1.16 bits per heavy atom. The van der Waals surface area contributed by atoms with E-state index in [1.54, 1.807) is 13.0 Å². The van der Waals surface area contributed by atoms with Gasteiger partial charge in [0.15, 0.2) is 0 Å². The molecule has 0 radical (unpaired) electrons. The number of halogens is 4. The van der Waals surface area contributed by atoms with Crippen LogP contribution in [0.2, 0.25) is 0 Å². The minimum Gasteiger partial charge on any atom is -0.368 e. The fraction of sp³-hybridized carbons (Fsp3) is 0.444. The van der Waals surface area contributed by atoms with Gasteiger partial charge in [0, 0.05) is 34.9 Å². The Morgan fingerprint density at radius 2 is 1.92 bits per heavy atom. The van der Waals surface area contributed by atoms with Crippen LogP contribution in [0.25, 0.3) is 10.9 Å². The Morgan fingerprint density at radius 3 is 2.62 bits per heavy atom. The minimum atomic E-state index is -4.41. The maximum Gasteiger partial charge on any atom is 0.416 e. The van der Waals surface area contributed by atoms with Crippen LogP contribution in [0, 0.1) is 19.8 Å². The maximum atomic E-state index is 13.5. The van der Waals surface area contributed by atoms with Crippen molar-refractivity contribution in [3.8, 4) is 0 Å². The highest BCUT2D eigenvalue weighted by Crippen LogP contribution is 2.38. The van der Waals surface area contributed by atoms with Gasteiger partial charge in [-0.1, -0.05) is 12.1 Å². The average molecular weight is 576 g/mol. The van der Waals surface area contributed by atoms with Crippen molar-refractivity contribution in [3.05, 3.63) is 57.3 Å². The lowest BCUT2D eigenvalue weighted by atomic mass is 9.97. The van der Waals surface area contributed by atoms with Crippen LogP contribution < -0.4 is 15.5 Å². The summed E-state index contributed by atoms with van der Waals surface area (Å²) in [4.78, 5) is 23.6. The molecule has 1 aliphatic carbocycles. The number of carbonyl (C=O) groups excluding carboxylic acids is 1. The van der Waals surface area contributed by atoms with Gasteiger partial charge < -0.3 is 15.5 Å². The lowest BCUT2D eigenvalue weighted by molar-refractivity contribution is -0.138. The van der Waals surface area contributed by atoms with Crippen molar-refractivity contribution in [2.24, 2.45) is 5.92 Å². The zero-order valence-corrected chi connectivity index (χ0v) is 22.5. The van der Waals surface area contributed by atoms with Gasteiger partial charge in [-0.05, 0) is 85.3 Å². The van der Waals surface area contributed by atoms with Gasteiger partial charge in [-0.2, -0.15) is 13.2 Å². The van der Waals surface area contributed by atoms with Crippen LogP contribution in [0.3, 0.4) is 0 Å². The van der Waals surface area contributed by atoms with Crippen LogP contribution >= 0.6 is 15.9 Å². The highest BCUT2D eigenvalue weighted by Gasteiger charge is 2.34. The molecular weight excluding hydrogens is 547 g/mol. The monoisotopic (exact) mass is 575 g/mol. The summed E-state index contributed by atoms with van der Waals surface area (Å²) in [7, 11) is 0. The fourth-order valence-electron chi connectivity index (χ4n) is 5.08. The number of benzene rings is 2.